The molecule has 1 aromatic rings. The highest BCUT2D eigenvalue weighted by atomic mass is 15.2. The first-order valence-electron chi connectivity index (χ1n) is 6.59. The SMILES string of the molecule is Cc1ccccc1NCCCN1CCNCC1. The van der Waals surface area contributed by atoms with E-state index in [0.29, 0.717) is 0 Å². The highest BCUT2D eigenvalue weighted by Gasteiger charge is 2.08. The first kappa shape index (κ1) is 12.4. The molecular formula is C14H23N3. The number of piperazine rings is 1. The Morgan fingerprint density at radius 2 is 2.00 bits per heavy atom. The van der Waals surface area contributed by atoms with Crippen molar-refractivity contribution in [2.75, 3.05) is 44.6 Å². The summed E-state index contributed by atoms with van der Waals surface area (Å²) < 4.78 is 0. The highest BCUT2D eigenvalue weighted by Crippen LogP contribution is 2.12. The smallest absolute Gasteiger partial charge is 0.0369 e. The number of nitrogens with one attached hydrogen (secondary N) is 2. The molecule has 0 atom stereocenters. The van der Waals surface area contributed by atoms with Gasteiger partial charge in [-0.3, -0.25) is 0 Å². The van der Waals surface area contributed by atoms with Crippen LogP contribution in [0.5, 0.6) is 0 Å². The van der Waals surface area contributed by atoms with E-state index in [1.165, 1.54) is 37.3 Å². The second kappa shape index (κ2) is 6.62. The fourth-order valence-corrected chi connectivity index (χ4v) is 2.23. The molecule has 0 unspecified atom stereocenters. The van der Waals surface area contributed by atoms with E-state index in [2.05, 4.69) is 46.7 Å². The van der Waals surface area contributed by atoms with Gasteiger partial charge in [0.1, 0.15) is 0 Å². The molecule has 0 spiro atoms. The van der Waals surface area contributed by atoms with E-state index in [4.69, 9.17) is 0 Å². The molecule has 2 N–H and O–H groups in total. The summed E-state index contributed by atoms with van der Waals surface area (Å²) in [5, 5.41) is 6.89. The minimum Gasteiger partial charge on any atom is -0.385 e. The Labute approximate surface area is 104 Å². The molecule has 1 aromatic carbocycles. The molecule has 1 heterocycles. The monoisotopic (exact) mass is 233 g/mol. The van der Waals surface area contributed by atoms with E-state index in [-0.39, 0.29) is 0 Å². The van der Waals surface area contributed by atoms with Crippen molar-refractivity contribution < 1.29 is 0 Å². The molecule has 1 aliphatic rings. The van der Waals surface area contributed by atoms with Gasteiger partial charge in [-0.15, -0.1) is 0 Å². The zero-order chi connectivity index (χ0) is 11.9. The third-order valence-electron chi connectivity index (χ3n) is 3.32. The summed E-state index contributed by atoms with van der Waals surface area (Å²) in [7, 11) is 0. The van der Waals surface area contributed by atoms with Crippen LogP contribution >= 0.6 is 0 Å². The maximum absolute atomic E-state index is 3.51. The van der Waals surface area contributed by atoms with Gasteiger partial charge in [0.05, 0.1) is 0 Å². The van der Waals surface area contributed by atoms with Crippen molar-refractivity contribution in [1.82, 2.24) is 10.2 Å². The first-order chi connectivity index (χ1) is 8.36. The van der Waals surface area contributed by atoms with Gasteiger partial charge in [0, 0.05) is 38.4 Å². The average Bonchev–Trinajstić information content (AvgIpc) is 2.38. The molecule has 1 aliphatic heterocycles. The van der Waals surface area contributed by atoms with Gasteiger partial charge in [-0.05, 0) is 31.5 Å². The van der Waals surface area contributed by atoms with Crippen LogP contribution in [0, 0.1) is 6.92 Å². The zero-order valence-corrected chi connectivity index (χ0v) is 10.7. The van der Waals surface area contributed by atoms with E-state index in [1.54, 1.807) is 0 Å². The van der Waals surface area contributed by atoms with Gasteiger partial charge in [0.25, 0.3) is 0 Å². The predicted molar refractivity (Wildman–Crippen MR) is 73.6 cm³/mol. The van der Waals surface area contributed by atoms with E-state index >= 15 is 0 Å². The van der Waals surface area contributed by atoms with Gasteiger partial charge >= 0.3 is 0 Å². The number of anilines is 1. The fourth-order valence-electron chi connectivity index (χ4n) is 2.23. The van der Waals surface area contributed by atoms with Gasteiger partial charge in [0.15, 0.2) is 0 Å². The summed E-state index contributed by atoms with van der Waals surface area (Å²) >= 11 is 0. The van der Waals surface area contributed by atoms with E-state index < -0.39 is 0 Å². The topological polar surface area (TPSA) is 27.3 Å². The van der Waals surface area contributed by atoms with Crippen molar-refractivity contribution in [3.63, 3.8) is 0 Å². The van der Waals surface area contributed by atoms with Crippen molar-refractivity contribution in [1.29, 1.82) is 0 Å². The number of hydrogen-bond donors (Lipinski definition) is 2. The molecule has 1 fully saturated rings. The third-order valence-corrected chi connectivity index (χ3v) is 3.32. The predicted octanol–water partition coefficient (Wildman–Crippen LogP) is 1.70. The maximum Gasteiger partial charge on any atom is 0.0369 e. The Kier molecular flexibility index (Phi) is 4.83. The molecule has 94 valence electrons. The van der Waals surface area contributed by atoms with Gasteiger partial charge in [-0.2, -0.15) is 0 Å². The molecule has 0 aliphatic carbocycles. The highest BCUT2D eigenvalue weighted by molar-refractivity contribution is 5.50. The van der Waals surface area contributed by atoms with Crippen molar-refractivity contribution in [3.8, 4) is 0 Å². The number of nitrogens with zero attached hydrogens (tertiary/aromatic N) is 1. The summed E-state index contributed by atoms with van der Waals surface area (Å²) in [6.45, 7) is 9.11. The van der Waals surface area contributed by atoms with Crippen molar-refractivity contribution in [2.45, 2.75) is 13.3 Å². The first-order valence-corrected chi connectivity index (χ1v) is 6.59. The van der Waals surface area contributed by atoms with Crippen molar-refractivity contribution >= 4 is 5.69 Å². The van der Waals surface area contributed by atoms with Crippen LogP contribution < -0.4 is 10.6 Å². The lowest BCUT2D eigenvalue weighted by molar-refractivity contribution is 0.240. The molecule has 0 radical (unpaired) electrons. The molecule has 0 saturated carbocycles. The van der Waals surface area contributed by atoms with Crippen LogP contribution in [-0.4, -0.2) is 44.2 Å². The second-order valence-corrected chi connectivity index (χ2v) is 4.69. The molecule has 0 bridgehead atoms. The van der Waals surface area contributed by atoms with Gasteiger partial charge < -0.3 is 15.5 Å². The Morgan fingerprint density at radius 3 is 2.76 bits per heavy atom. The summed E-state index contributed by atoms with van der Waals surface area (Å²) in [4.78, 5) is 2.54. The van der Waals surface area contributed by atoms with E-state index in [0.717, 1.165) is 19.6 Å². The molecule has 0 amide bonds. The quantitative estimate of drug-likeness (QED) is 0.758. The number of aryl methyl sites for hydroxylation is 1. The van der Waals surface area contributed by atoms with Crippen molar-refractivity contribution in [3.05, 3.63) is 29.8 Å². The zero-order valence-electron chi connectivity index (χ0n) is 10.7. The van der Waals surface area contributed by atoms with Crippen LogP contribution in [0.1, 0.15) is 12.0 Å². The maximum atomic E-state index is 3.51. The van der Waals surface area contributed by atoms with Crippen LogP contribution in [0.2, 0.25) is 0 Å². The molecule has 1 saturated heterocycles. The average molecular weight is 233 g/mol. The minimum absolute atomic E-state index is 1.06. The molecule has 3 heteroatoms. The normalized spacial score (nSPS) is 17.0. The minimum atomic E-state index is 1.06. The number of rotatable bonds is 5. The summed E-state index contributed by atoms with van der Waals surface area (Å²) in [5.41, 5.74) is 2.60. The largest absolute Gasteiger partial charge is 0.385 e. The van der Waals surface area contributed by atoms with Crippen LogP contribution in [-0.2, 0) is 0 Å². The van der Waals surface area contributed by atoms with Crippen LogP contribution in [0.15, 0.2) is 24.3 Å². The number of hydrogen-bond acceptors (Lipinski definition) is 3. The molecular weight excluding hydrogens is 210 g/mol. The molecule has 2 rings (SSSR count). The summed E-state index contributed by atoms with van der Waals surface area (Å²) in [5.74, 6) is 0. The van der Waals surface area contributed by atoms with Crippen molar-refractivity contribution in [2.24, 2.45) is 0 Å². The fraction of sp³-hybridized carbons (Fsp3) is 0.571. The Morgan fingerprint density at radius 1 is 1.24 bits per heavy atom. The Balaban J connectivity index is 1.64. The number of benzene rings is 1. The van der Waals surface area contributed by atoms with E-state index in [9.17, 15) is 0 Å². The number of para-hydroxylation sites is 1. The van der Waals surface area contributed by atoms with Crippen LogP contribution in [0.4, 0.5) is 5.69 Å². The van der Waals surface area contributed by atoms with Crippen LogP contribution in [0.25, 0.3) is 0 Å². The molecule has 17 heavy (non-hydrogen) atoms. The van der Waals surface area contributed by atoms with Gasteiger partial charge in [0.2, 0.25) is 0 Å². The lowest BCUT2D eigenvalue weighted by atomic mass is 10.2. The Hall–Kier alpha value is -1.06. The standard InChI is InChI=1S/C14H23N3/c1-13-5-2-3-6-14(13)16-7-4-10-17-11-8-15-9-12-17/h2-3,5-6,15-16H,4,7-12H2,1H3. The second-order valence-electron chi connectivity index (χ2n) is 4.69. The third kappa shape index (κ3) is 4.02. The lowest BCUT2D eigenvalue weighted by Crippen LogP contribution is -2.44. The van der Waals surface area contributed by atoms with Crippen LogP contribution in [0.3, 0.4) is 0 Å². The van der Waals surface area contributed by atoms with E-state index in [1.807, 2.05) is 0 Å². The summed E-state index contributed by atoms with van der Waals surface area (Å²) in [6.07, 6.45) is 1.22. The molecule has 3 nitrogen and oxygen atoms in total. The summed E-state index contributed by atoms with van der Waals surface area (Å²) in [6, 6.07) is 8.48. The lowest BCUT2D eigenvalue weighted by Gasteiger charge is -2.27. The molecule has 0 aromatic heterocycles. The van der Waals surface area contributed by atoms with Gasteiger partial charge in [-0.1, -0.05) is 18.2 Å². The van der Waals surface area contributed by atoms with Gasteiger partial charge in [-0.25, -0.2) is 0 Å². The Bertz CT molecular complexity index is 332.